The third-order valence-corrected chi connectivity index (χ3v) is 4.28. The third kappa shape index (κ3) is 3.18. The predicted molar refractivity (Wildman–Crippen MR) is 75.5 cm³/mol. The lowest BCUT2D eigenvalue weighted by atomic mass is 9.77. The molecule has 1 atom stereocenters. The first-order chi connectivity index (χ1) is 9.59. The van der Waals surface area contributed by atoms with Gasteiger partial charge < -0.3 is 10.5 Å². The maximum Gasteiger partial charge on any atom is 0.162 e. The number of rotatable bonds is 5. The number of nitrogens with two attached hydrogens (primary N) is 1. The molecule has 1 aromatic rings. The van der Waals surface area contributed by atoms with E-state index in [0.717, 1.165) is 31.7 Å². The summed E-state index contributed by atoms with van der Waals surface area (Å²) in [4.78, 5) is 0. The summed E-state index contributed by atoms with van der Waals surface area (Å²) in [5.74, 6) is -1.60. The molecule has 2 nitrogen and oxygen atoms in total. The van der Waals surface area contributed by atoms with Crippen LogP contribution >= 0.6 is 0 Å². The molecule has 0 bridgehead atoms. The summed E-state index contributed by atoms with van der Waals surface area (Å²) >= 11 is 0. The average molecular weight is 283 g/mol. The Morgan fingerprint density at radius 2 is 1.95 bits per heavy atom. The molecule has 1 fully saturated rings. The molecule has 1 aromatic carbocycles. The van der Waals surface area contributed by atoms with E-state index in [4.69, 9.17) is 10.5 Å². The third-order valence-electron chi connectivity index (χ3n) is 4.28. The van der Waals surface area contributed by atoms with E-state index < -0.39 is 11.6 Å². The fraction of sp³-hybridized carbons (Fsp3) is 0.625. The molecule has 0 aromatic heterocycles. The van der Waals surface area contributed by atoms with Crippen molar-refractivity contribution < 1.29 is 13.5 Å². The highest BCUT2D eigenvalue weighted by atomic mass is 19.2. The highest BCUT2D eigenvalue weighted by Crippen LogP contribution is 2.35. The van der Waals surface area contributed by atoms with Crippen LogP contribution in [-0.2, 0) is 11.2 Å². The van der Waals surface area contributed by atoms with Gasteiger partial charge in [-0.3, -0.25) is 0 Å². The Morgan fingerprint density at radius 1 is 1.25 bits per heavy atom. The van der Waals surface area contributed by atoms with E-state index in [-0.39, 0.29) is 11.6 Å². The van der Waals surface area contributed by atoms with E-state index in [9.17, 15) is 8.78 Å². The van der Waals surface area contributed by atoms with Crippen molar-refractivity contribution in [2.24, 2.45) is 5.73 Å². The lowest BCUT2D eigenvalue weighted by Crippen LogP contribution is -2.52. The van der Waals surface area contributed by atoms with E-state index in [1.165, 1.54) is 12.5 Å². The van der Waals surface area contributed by atoms with E-state index in [2.05, 4.69) is 0 Å². The van der Waals surface area contributed by atoms with Crippen LogP contribution in [0.2, 0.25) is 0 Å². The van der Waals surface area contributed by atoms with E-state index in [1.54, 1.807) is 6.07 Å². The van der Waals surface area contributed by atoms with Gasteiger partial charge in [-0.15, -0.1) is 0 Å². The van der Waals surface area contributed by atoms with Crippen LogP contribution in [0, 0.1) is 11.6 Å². The van der Waals surface area contributed by atoms with Crippen molar-refractivity contribution in [3.63, 3.8) is 0 Å². The van der Waals surface area contributed by atoms with Crippen LogP contribution in [0.3, 0.4) is 0 Å². The maximum atomic E-state index is 13.8. The monoisotopic (exact) mass is 283 g/mol. The molecule has 1 unspecified atom stereocenters. The van der Waals surface area contributed by atoms with Gasteiger partial charge in [-0.25, -0.2) is 8.78 Å². The van der Waals surface area contributed by atoms with Crippen molar-refractivity contribution in [2.45, 2.75) is 57.1 Å². The first-order valence-electron chi connectivity index (χ1n) is 7.41. The molecule has 1 aliphatic carbocycles. The first-order valence-corrected chi connectivity index (χ1v) is 7.41. The first kappa shape index (κ1) is 15.4. The van der Waals surface area contributed by atoms with E-state index in [0.29, 0.717) is 18.6 Å². The van der Waals surface area contributed by atoms with Gasteiger partial charge in [-0.05, 0) is 37.8 Å². The highest BCUT2D eigenvalue weighted by molar-refractivity contribution is 5.21. The van der Waals surface area contributed by atoms with Crippen LogP contribution in [0.1, 0.15) is 44.6 Å². The molecule has 20 heavy (non-hydrogen) atoms. The van der Waals surface area contributed by atoms with Gasteiger partial charge in [0.15, 0.2) is 11.6 Å². The van der Waals surface area contributed by atoms with Gasteiger partial charge >= 0.3 is 0 Å². The summed E-state index contributed by atoms with van der Waals surface area (Å²) < 4.78 is 33.0. The molecule has 0 saturated heterocycles. The fourth-order valence-corrected chi connectivity index (χ4v) is 3.19. The standard InChI is InChI=1S/C16H23F2NO/c1-2-20-16(9-4-3-5-10-16)14(19)11-12-7-6-8-13(17)15(12)18/h6-8,14H,2-5,9-11,19H2,1H3. The van der Waals surface area contributed by atoms with Crippen LogP contribution in [0.5, 0.6) is 0 Å². The summed E-state index contributed by atoms with van der Waals surface area (Å²) in [6.45, 7) is 2.55. The van der Waals surface area contributed by atoms with Gasteiger partial charge in [-0.1, -0.05) is 31.4 Å². The molecule has 0 aliphatic heterocycles. The number of hydrogen-bond acceptors (Lipinski definition) is 2. The number of hydrogen-bond donors (Lipinski definition) is 1. The second-order valence-electron chi connectivity index (χ2n) is 5.58. The predicted octanol–water partition coefficient (Wildman–Crippen LogP) is 3.57. The largest absolute Gasteiger partial charge is 0.374 e. The van der Waals surface area contributed by atoms with Crippen molar-refractivity contribution in [3.8, 4) is 0 Å². The van der Waals surface area contributed by atoms with Crippen molar-refractivity contribution in [1.82, 2.24) is 0 Å². The summed E-state index contributed by atoms with van der Waals surface area (Å²) in [7, 11) is 0. The Kier molecular flexibility index (Phi) is 5.11. The number of halogens is 2. The Labute approximate surface area is 119 Å². The summed E-state index contributed by atoms with van der Waals surface area (Å²) in [6.07, 6.45) is 5.47. The van der Waals surface area contributed by atoms with Crippen molar-refractivity contribution in [3.05, 3.63) is 35.4 Å². The number of ether oxygens (including phenoxy) is 1. The molecular formula is C16H23F2NO. The summed E-state index contributed by atoms with van der Waals surface area (Å²) in [5, 5.41) is 0. The molecule has 0 amide bonds. The van der Waals surface area contributed by atoms with Crippen molar-refractivity contribution in [1.29, 1.82) is 0 Å². The normalized spacial score (nSPS) is 19.8. The quantitative estimate of drug-likeness (QED) is 0.896. The molecule has 4 heteroatoms. The van der Waals surface area contributed by atoms with Crippen LogP contribution in [0.15, 0.2) is 18.2 Å². The number of benzene rings is 1. The summed E-state index contributed by atoms with van der Waals surface area (Å²) in [5.41, 5.74) is 6.26. The van der Waals surface area contributed by atoms with Gasteiger partial charge in [0.1, 0.15) is 0 Å². The summed E-state index contributed by atoms with van der Waals surface area (Å²) in [6, 6.07) is 3.94. The van der Waals surface area contributed by atoms with Gasteiger partial charge in [0.05, 0.1) is 5.60 Å². The molecule has 1 aliphatic rings. The SMILES string of the molecule is CCOC1(C(N)Cc2cccc(F)c2F)CCCCC1. The van der Waals surface area contributed by atoms with Gasteiger partial charge in [0.2, 0.25) is 0 Å². The van der Waals surface area contributed by atoms with Crippen LogP contribution < -0.4 is 5.73 Å². The lowest BCUT2D eigenvalue weighted by Gasteiger charge is -2.41. The molecule has 0 heterocycles. The van der Waals surface area contributed by atoms with Crippen molar-refractivity contribution >= 4 is 0 Å². The molecule has 2 rings (SSSR count). The Balaban J connectivity index is 2.15. The van der Waals surface area contributed by atoms with Gasteiger partial charge in [0.25, 0.3) is 0 Å². The Hall–Kier alpha value is -1.00. The molecular weight excluding hydrogens is 260 g/mol. The average Bonchev–Trinajstić information content (AvgIpc) is 2.45. The van der Waals surface area contributed by atoms with Gasteiger partial charge in [0, 0.05) is 12.6 Å². The fourth-order valence-electron chi connectivity index (χ4n) is 3.19. The minimum atomic E-state index is -0.816. The Bertz CT molecular complexity index is 439. The molecule has 0 radical (unpaired) electrons. The van der Waals surface area contributed by atoms with Crippen LogP contribution in [0.25, 0.3) is 0 Å². The van der Waals surface area contributed by atoms with Crippen LogP contribution in [-0.4, -0.2) is 18.2 Å². The second kappa shape index (κ2) is 6.64. The maximum absolute atomic E-state index is 13.8. The molecule has 2 N–H and O–H groups in total. The van der Waals surface area contributed by atoms with E-state index in [1.807, 2.05) is 6.92 Å². The van der Waals surface area contributed by atoms with Gasteiger partial charge in [-0.2, -0.15) is 0 Å². The molecule has 112 valence electrons. The zero-order chi connectivity index (χ0) is 14.6. The Morgan fingerprint density at radius 3 is 2.60 bits per heavy atom. The molecule has 0 spiro atoms. The second-order valence-corrected chi connectivity index (χ2v) is 5.58. The minimum Gasteiger partial charge on any atom is -0.374 e. The van der Waals surface area contributed by atoms with Crippen LogP contribution in [0.4, 0.5) is 8.78 Å². The zero-order valence-corrected chi connectivity index (χ0v) is 12.0. The zero-order valence-electron chi connectivity index (χ0n) is 12.0. The molecule has 1 saturated carbocycles. The lowest BCUT2D eigenvalue weighted by molar-refractivity contribution is -0.0818. The minimum absolute atomic E-state index is 0.306. The topological polar surface area (TPSA) is 35.2 Å². The van der Waals surface area contributed by atoms with E-state index >= 15 is 0 Å². The smallest absolute Gasteiger partial charge is 0.162 e. The highest BCUT2D eigenvalue weighted by Gasteiger charge is 2.38. The van der Waals surface area contributed by atoms with Crippen molar-refractivity contribution in [2.75, 3.05) is 6.61 Å².